The summed E-state index contributed by atoms with van der Waals surface area (Å²) in [4.78, 5) is 10.6. The first-order valence-electron chi connectivity index (χ1n) is 4.11. The van der Waals surface area contributed by atoms with Gasteiger partial charge in [0.25, 0.3) is 0 Å². The van der Waals surface area contributed by atoms with Crippen LogP contribution in [-0.4, -0.2) is 11.1 Å². The number of benzene rings is 1. The summed E-state index contributed by atoms with van der Waals surface area (Å²) < 4.78 is 0. The van der Waals surface area contributed by atoms with Crippen LogP contribution in [0.3, 0.4) is 0 Å². The quantitative estimate of drug-likeness (QED) is 0.889. The summed E-state index contributed by atoms with van der Waals surface area (Å²) in [5.41, 5.74) is 0.679. The van der Waals surface area contributed by atoms with Gasteiger partial charge in [-0.2, -0.15) is 5.26 Å². The van der Waals surface area contributed by atoms with Gasteiger partial charge in [0.1, 0.15) is 5.92 Å². The van der Waals surface area contributed by atoms with E-state index in [-0.39, 0.29) is 6.42 Å². The standard InChI is InChI=1S/C10H7Cl2NO2/c11-8-2-1-6(4-9(8)12)3-7(5-13)10(14)15/h1-2,4,7H,3H2,(H,14,15). The minimum Gasteiger partial charge on any atom is -0.480 e. The molecule has 0 aliphatic carbocycles. The van der Waals surface area contributed by atoms with Crippen LogP contribution in [0.2, 0.25) is 10.0 Å². The van der Waals surface area contributed by atoms with E-state index in [1.54, 1.807) is 24.3 Å². The minimum absolute atomic E-state index is 0.128. The van der Waals surface area contributed by atoms with Crippen LogP contribution in [0.15, 0.2) is 18.2 Å². The van der Waals surface area contributed by atoms with Gasteiger partial charge in [0.05, 0.1) is 16.1 Å². The van der Waals surface area contributed by atoms with Gasteiger partial charge in [0.15, 0.2) is 0 Å². The fraction of sp³-hybridized carbons (Fsp3) is 0.200. The maximum absolute atomic E-state index is 10.6. The number of carboxylic acids is 1. The smallest absolute Gasteiger partial charge is 0.321 e. The van der Waals surface area contributed by atoms with Gasteiger partial charge in [-0.1, -0.05) is 29.3 Å². The third-order valence-corrected chi connectivity index (χ3v) is 2.62. The Bertz CT molecular complexity index is 426. The summed E-state index contributed by atoms with van der Waals surface area (Å²) in [6.45, 7) is 0. The average molecular weight is 244 g/mol. The second kappa shape index (κ2) is 5.01. The highest BCUT2D eigenvalue weighted by Gasteiger charge is 2.17. The monoisotopic (exact) mass is 243 g/mol. The Balaban J connectivity index is 2.86. The molecule has 0 bridgehead atoms. The largest absolute Gasteiger partial charge is 0.480 e. The van der Waals surface area contributed by atoms with Crippen molar-refractivity contribution in [3.8, 4) is 6.07 Å². The molecule has 0 heterocycles. The Morgan fingerprint density at radius 1 is 1.47 bits per heavy atom. The Hall–Kier alpha value is -1.24. The lowest BCUT2D eigenvalue weighted by Gasteiger charge is -2.05. The second-order valence-corrected chi connectivity index (χ2v) is 3.79. The molecule has 0 amide bonds. The third kappa shape index (κ3) is 3.12. The van der Waals surface area contributed by atoms with E-state index in [1.165, 1.54) is 0 Å². The van der Waals surface area contributed by atoms with E-state index in [0.29, 0.717) is 15.6 Å². The second-order valence-electron chi connectivity index (χ2n) is 2.97. The number of halogens is 2. The van der Waals surface area contributed by atoms with Crippen LogP contribution in [0.1, 0.15) is 5.56 Å². The molecule has 0 aliphatic rings. The highest BCUT2D eigenvalue weighted by Crippen LogP contribution is 2.23. The van der Waals surface area contributed by atoms with Gasteiger partial charge in [-0.3, -0.25) is 4.79 Å². The number of carboxylic acid groups (broad SMARTS) is 1. The SMILES string of the molecule is N#CC(Cc1ccc(Cl)c(Cl)c1)C(=O)O. The van der Waals surface area contributed by atoms with E-state index in [2.05, 4.69) is 0 Å². The zero-order valence-electron chi connectivity index (χ0n) is 7.58. The lowest BCUT2D eigenvalue weighted by molar-refractivity contribution is -0.139. The Morgan fingerprint density at radius 3 is 2.60 bits per heavy atom. The van der Waals surface area contributed by atoms with E-state index in [0.717, 1.165) is 0 Å². The molecular formula is C10H7Cl2NO2. The predicted molar refractivity (Wildman–Crippen MR) is 56.9 cm³/mol. The van der Waals surface area contributed by atoms with Crippen LogP contribution < -0.4 is 0 Å². The van der Waals surface area contributed by atoms with Gasteiger partial charge in [-0.15, -0.1) is 0 Å². The van der Waals surface area contributed by atoms with Gasteiger partial charge >= 0.3 is 5.97 Å². The molecule has 1 aromatic rings. The molecule has 0 radical (unpaired) electrons. The number of aliphatic carboxylic acids is 1. The van der Waals surface area contributed by atoms with Gasteiger partial charge in [-0.25, -0.2) is 0 Å². The normalized spacial score (nSPS) is 11.8. The first-order valence-corrected chi connectivity index (χ1v) is 4.86. The van der Waals surface area contributed by atoms with E-state index >= 15 is 0 Å². The molecule has 1 aromatic carbocycles. The van der Waals surface area contributed by atoms with Gasteiger partial charge < -0.3 is 5.11 Å². The maximum Gasteiger partial charge on any atom is 0.321 e. The van der Waals surface area contributed by atoms with E-state index in [4.69, 9.17) is 33.6 Å². The van der Waals surface area contributed by atoms with Crippen LogP contribution >= 0.6 is 23.2 Å². The molecule has 0 spiro atoms. The van der Waals surface area contributed by atoms with Crippen LogP contribution in [-0.2, 0) is 11.2 Å². The number of carbonyl (C=O) groups is 1. The van der Waals surface area contributed by atoms with E-state index in [1.807, 2.05) is 0 Å². The molecule has 1 rings (SSSR count). The van der Waals surface area contributed by atoms with E-state index < -0.39 is 11.9 Å². The van der Waals surface area contributed by atoms with Crippen molar-refractivity contribution in [2.24, 2.45) is 5.92 Å². The summed E-state index contributed by atoms with van der Waals surface area (Å²) in [6.07, 6.45) is 0.128. The van der Waals surface area contributed by atoms with Crippen molar-refractivity contribution in [1.29, 1.82) is 5.26 Å². The molecule has 78 valence electrons. The van der Waals surface area contributed by atoms with Crippen LogP contribution in [0.25, 0.3) is 0 Å². The first-order chi connectivity index (χ1) is 7.04. The topological polar surface area (TPSA) is 61.1 Å². The molecule has 1 atom stereocenters. The van der Waals surface area contributed by atoms with Crippen molar-refractivity contribution in [1.82, 2.24) is 0 Å². The molecule has 0 saturated carbocycles. The molecule has 3 nitrogen and oxygen atoms in total. The molecule has 0 aromatic heterocycles. The maximum atomic E-state index is 10.6. The zero-order chi connectivity index (χ0) is 11.4. The minimum atomic E-state index is -1.14. The Morgan fingerprint density at radius 2 is 2.13 bits per heavy atom. The summed E-state index contributed by atoms with van der Waals surface area (Å²) in [7, 11) is 0. The molecule has 0 aliphatic heterocycles. The van der Waals surface area contributed by atoms with Gasteiger partial charge in [-0.05, 0) is 24.1 Å². The number of hydrogen-bond acceptors (Lipinski definition) is 2. The first kappa shape index (κ1) is 11.8. The summed E-state index contributed by atoms with van der Waals surface area (Å²) >= 11 is 11.5. The number of hydrogen-bond donors (Lipinski definition) is 1. The molecule has 1 N–H and O–H groups in total. The molecule has 15 heavy (non-hydrogen) atoms. The summed E-state index contributed by atoms with van der Waals surface area (Å²) in [6, 6.07) is 6.51. The molecule has 0 saturated heterocycles. The van der Waals surface area contributed by atoms with Crippen molar-refractivity contribution in [2.75, 3.05) is 0 Å². The highest BCUT2D eigenvalue weighted by molar-refractivity contribution is 6.42. The number of nitriles is 1. The van der Waals surface area contributed by atoms with Crippen molar-refractivity contribution in [3.63, 3.8) is 0 Å². The Kier molecular flexibility index (Phi) is 3.96. The van der Waals surface area contributed by atoms with Crippen LogP contribution in [0.5, 0.6) is 0 Å². The van der Waals surface area contributed by atoms with Crippen molar-refractivity contribution in [3.05, 3.63) is 33.8 Å². The van der Waals surface area contributed by atoms with Gasteiger partial charge in [0, 0.05) is 0 Å². The molecule has 1 unspecified atom stereocenters. The fourth-order valence-electron chi connectivity index (χ4n) is 1.09. The molecule has 5 heteroatoms. The van der Waals surface area contributed by atoms with Crippen molar-refractivity contribution < 1.29 is 9.90 Å². The zero-order valence-corrected chi connectivity index (χ0v) is 9.09. The predicted octanol–water partition coefficient (Wildman–Crippen LogP) is 2.76. The van der Waals surface area contributed by atoms with Crippen molar-refractivity contribution >= 4 is 29.2 Å². The summed E-state index contributed by atoms with van der Waals surface area (Å²) in [5, 5.41) is 18.0. The van der Waals surface area contributed by atoms with Gasteiger partial charge in [0.2, 0.25) is 0 Å². The lowest BCUT2D eigenvalue weighted by Crippen LogP contribution is -2.14. The number of rotatable bonds is 3. The Labute approximate surface area is 96.8 Å². The van der Waals surface area contributed by atoms with Crippen LogP contribution in [0, 0.1) is 17.2 Å². The molecular weight excluding hydrogens is 237 g/mol. The molecule has 0 fully saturated rings. The number of nitrogens with zero attached hydrogens (tertiary/aromatic N) is 1. The lowest BCUT2D eigenvalue weighted by atomic mass is 10.0. The highest BCUT2D eigenvalue weighted by atomic mass is 35.5. The van der Waals surface area contributed by atoms with Crippen LogP contribution in [0.4, 0.5) is 0 Å². The average Bonchev–Trinajstić information content (AvgIpc) is 2.19. The van der Waals surface area contributed by atoms with Crippen molar-refractivity contribution in [2.45, 2.75) is 6.42 Å². The van der Waals surface area contributed by atoms with E-state index in [9.17, 15) is 4.79 Å². The fourth-order valence-corrected chi connectivity index (χ4v) is 1.41. The summed E-state index contributed by atoms with van der Waals surface area (Å²) in [5.74, 6) is -2.19. The third-order valence-electron chi connectivity index (χ3n) is 1.88.